The predicted octanol–water partition coefficient (Wildman–Crippen LogP) is 10.6. The lowest BCUT2D eigenvalue weighted by Gasteiger charge is -2.31. The predicted molar refractivity (Wildman–Crippen MR) is 277 cm³/mol. The molecule has 3 unspecified atom stereocenters. The van der Waals surface area contributed by atoms with E-state index >= 15 is 4.79 Å². The fourth-order valence-electron chi connectivity index (χ4n) is 8.13. The molecule has 2 aliphatic rings. The Kier molecular flexibility index (Phi) is 14.3. The molecule has 0 bridgehead atoms. The second-order valence-electron chi connectivity index (χ2n) is 18.7. The zero-order valence-electron chi connectivity index (χ0n) is 41.2. The molecular formula is C53H57N9O7S2. The van der Waals surface area contributed by atoms with Gasteiger partial charge in [0.2, 0.25) is 17.2 Å². The third-order valence-electron chi connectivity index (χ3n) is 13.4. The number of thioether (sulfide) groups is 1. The van der Waals surface area contributed by atoms with Gasteiger partial charge in [0, 0.05) is 23.4 Å². The van der Waals surface area contributed by atoms with Gasteiger partial charge in [-0.2, -0.15) is 14.8 Å². The van der Waals surface area contributed by atoms with E-state index in [1.165, 1.54) is 29.4 Å². The molecule has 2 amide bonds. The molecular weight excluding hydrogens is 939 g/mol. The number of tetrazole rings is 1. The van der Waals surface area contributed by atoms with E-state index in [4.69, 9.17) is 25.9 Å². The van der Waals surface area contributed by atoms with Gasteiger partial charge in [-0.3, -0.25) is 13.9 Å². The Hall–Kier alpha value is -7.23. The molecule has 1 aromatic heterocycles. The number of fused-ring (bicyclic) bond motifs is 1. The molecule has 1 N–H and O–H groups in total. The number of sulfonamides is 1. The first kappa shape index (κ1) is 50.2. The van der Waals surface area contributed by atoms with Gasteiger partial charge >= 0.3 is 0 Å². The summed E-state index contributed by atoms with van der Waals surface area (Å²) in [4.78, 5) is 33.2. The number of nitrogens with one attached hydrogen (secondary N) is 1. The summed E-state index contributed by atoms with van der Waals surface area (Å²) in [5.41, 5.74) is 4.91. The molecule has 0 saturated heterocycles. The largest absolute Gasteiger partial charge is 0.480 e. The monoisotopic (exact) mass is 995 g/mol. The molecule has 0 saturated carbocycles. The quantitative estimate of drug-likeness (QED) is 0.0680. The minimum atomic E-state index is -3.80. The number of carbonyl (C=O) groups excluding carboxylic acids is 2. The van der Waals surface area contributed by atoms with Crippen molar-refractivity contribution in [3.05, 3.63) is 143 Å². The summed E-state index contributed by atoms with van der Waals surface area (Å²) in [7, 11) is -2.37. The van der Waals surface area contributed by atoms with Crippen molar-refractivity contribution in [2.24, 2.45) is 5.10 Å². The van der Waals surface area contributed by atoms with Gasteiger partial charge < -0.3 is 19.5 Å². The highest BCUT2D eigenvalue weighted by Gasteiger charge is 2.42. The normalized spacial score (nSPS) is 16.3. The van der Waals surface area contributed by atoms with Gasteiger partial charge in [-0.15, -0.1) is 5.10 Å². The van der Waals surface area contributed by atoms with Crippen molar-refractivity contribution in [1.29, 1.82) is 0 Å². The fourth-order valence-corrected chi connectivity index (χ4v) is 9.96. The summed E-state index contributed by atoms with van der Waals surface area (Å²) in [6, 6.07) is 32.3. The van der Waals surface area contributed by atoms with Crippen molar-refractivity contribution in [1.82, 2.24) is 20.2 Å². The Bertz CT molecular complexity index is 3170. The Morgan fingerprint density at radius 1 is 0.915 bits per heavy atom. The zero-order valence-corrected chi connectivity index (χ0v) is 42.8. The molecule has 0 aliphatic carbocycles. The van der Waals surface area contributed by atoms with E-state index in [9.17, 15) is 13.2 Å². The maximum absolute atomic E-state index is 15.1. The SMILES string of the molecule is [C-]#[N+]c1ccc(OC2C(=O)N(c3ccccc3NC(=O)C(CC)Oc3ccc(C(C)(C)CC)cc3C(C)(C)CC)N=C2c2ccc3c(c2)N(C)S(=O)(=O)CO3)c(C(C)Sc2nnnn2-c2ccccc2)c1. The second-order valence-corrected chi connectivity index (χ2v) is 21.9. The number of ether oxygens (including phenoxy) is 3. The molecule has 3 heterocycles. The summed E-state index contributed by atoms with van der Waals surface area (Å²) in [5.74, 6) is -0.304. The van der Waals surface area contributed by atoms with Crippen molar-refractivity contribution < 1.29 is 32.2 Å². The Morgan fingerprint density at radius 2 is 1.63 bits per heavy atom. The fraction of sp³-hybridized carbons (Fsp3) is 0.340. The number of nitrogens with zero attached hydrogens (tertiary/aromatic N) is 8. The maximum atomic E-state index is 15.1. The van der Waals surface area contributed by atoms with Gasteiger partial charge in [0.1, 0.15) is 23.0 Å². The Morgan fingerprint density at radius 3 is 2.35 bits per heavy atom. The van der Waals surface area contributed by atoms with Gasteiger partial charge in [-0.05, 0) is 119 Å². The average Bonchev–Trinajstić information content (AvgIpc) is 3.97. The van der Waals surface area contributed by atoms with E-state index in [0.717, 1.165) is 28.4 Å². The number of aromatic nitrogens is 4. The number of hydrogen-bond acceptors (Lipinski definition) is 12. The van der Waals surface area contributed by atoms with E-state index in [1.54, 1.807) is 65.3 Å². The van der Waals surface area contributed by atoms with Gasteiger partial charge in [0.05, 0.1) is 29.3 Å². The van der Waals surface area contributed by atoms with Gasteiger partial charge in [0.15, 0.2) is 11.8 Å². The number of benzene rings is 5. The molecule has 71 heavy (non-hydrogen) atoms. The van der Waals surface area contributed by atoms with E-state index < -0.39 is 45.2 Å². The van der Waals surface area contributed by atoms with Gasteiger partial charge in [-0.25, -0.2) is 13.3 Å². The minimum Gasteiger partial charge on any atom is -0.480 e. The molecule has 0 radical (unpaired) electrons. The molecule has 0 spiro atoms. The summed E-state index contributed by atoms with van der Waals surface area (Å²) < 4.78 is 47.7. The number of para-hydroxylation sites is 3. The summed E-state index contributed by atoms with van der Waals surface area (Å²) in [6.07, 6.45) is -0.148. The van der Waals surface area contributed by atoms with Crippen molar-refractivity contribution in [3.63, 3.8) is 0 Å². The van der Waals surface area contributed by atoms with Crippen LogP contribution in [0.4, 0.5) is 22.7 Å². The minimum absolute atomic E-state index is 0.0559. The third-order valence-corrected chi connectivity index (χ3v) is 15.9. The van der Waals surface area contributed by atoms with E-state index in [-0.39, 0.29) is 33.7 Å². The maximum Gasteiger partial charge on any atom is 0.294 e. The first-order valence-corrected chi connectivity index (χ1v) is 25.9. The topological polar surface area (TPSA) is 175 Å². The molecule has 368 valence electrons. The van der Waals surface area contributed by atoms with Crippen LogP contribution >= 0.6 is 11.8 Å². The first-order valence-electron chi connectivity index (χ1n) is 23.5. The van der Waals surface area contributed by atoms with Crippen molar-refractivity contribution in [2.45, 2.75) is 108 Å². The molecule has 0 fully saturated rings. The van der Waals surface area contributed by atoms with Crippen LogP contribution in [0.1, 0.15) is 102 Å². The second kappa shape index (κ2) is 20.2. The number of carbonyl (C=O) groups is 2. The highest BCUT2D eigenvalue weighted by atomic mass is 32.2. The van der Waals surface area contributed by atoms with Gasteiger partial charge in [0.25, 0.3) is 21.8 Å². The molecule has 18 heteroatoms. The number of anilines is 3. The van der Waals surface area contributed by atoms with Crippen LogP contribution in [0.5, 0.6) is 17.2 Å². The van der Waals surface area contributed by atoms with E-state index in [0.29, 0.717) is 45.6 Å². The number of hydrogen-bond donors (Lipinski definition) is 1. The lowest BCUT2D eigenvalue weighted by atomic mass is 9.76. The first-order chi connectivity index (χ1) is 33.9. The van der Waals surface area contributed by atoms with Gasteiger partial charge in [-0.1, -0.05) is 109 Å². The summed E-state index contributed by atoms with van der Waals surface area (Å²) in [5, 5.41) is 21.6. The number of amides is 2. The zero-order chi connectivity index (χ0) is 50.8. The molecule has 2 aliphatic heterocycles. The van der Waals surface area contributed by atoms with Crippen molar-refractivity contribution in [3.8, 4) is 22.9 Å². The number of rotatable bonds is 17. The average molecular weight is 996 g/mol. The third kappa shape index (κ3) is 10.2. The van der Waals surface area contributed by atoms with E-state index in [1.807, 2.05) is 50.2 Å². The number of hydrazone groups is 1. The van der Waals surface area contributed by atoms with Crippen LogP contribution in [0.25, 0.3) is 10.5 Å². The van der Waals surface area contributed by atoms with E-state index in [2.05, 4.69) is 79.4 Å². The van der Waals surface area contributed by atoms with Crippen molar-refractivity contribution >= 4 is 62.1 Å². The Labute approximate surface area is 419 Å². The molecule has 6 aromatic rings. The molecule has 5 aromatic carbocycles. The van der Waals surface area contributed by atoms with Crippen LogP contribution in [0.3, 0.4) is 0 Å². The van der Waals surface area contributed by atoms with Crippen LogP contribution in [0.15, 0.2) is 119 Å². The van der Waals surface area contributed by atoms with Crippen LogP contribution in [0.2, 0.25) is 0 Å². The summed E-state index contributed by atoms with van der Waals surface area (Å²) >= 11 is 1.34. The van der Waals surface area contributed by atoms with Crippen LogP contribution in [-0.2, 0) is 30.4 Å². The van der Waals surface area contributed by atoms with Crippen molar-refractivity contribution in [2.75, 3.05) is 27.6 Å². The standard InChI is InChI=1S/C53H57N9O7S2/c1-11-43(68-45-27-24-35(52(5,6)12-2)30-39(45)53(7,8)13-3)49(63)55-40-21-17-18-22-41(40)62-50(64)48(47(57-62)34-23-26-46-42(29-34)60(10)71(65,66)32-67-46)69-44-28-25-36(54-9)31-38(44)33(4)70-51-56-58-59-61(51)37-19-15-14-16-20-37/h14-31,33,43,48H,11-13,32H2,1-8,10H3,(H,55,63). The lowest BCUT2D eigenvalue weighted by Crippen LogP contribution is -2.38. The summed E-state index contributed by atoms with van der Waals surface area (Å²) in [6.45, 7) is 24.7. The van der Waals surface area contributed by atoms with Crippen LogP contribution in [0, 0.1) is 6.57 Å². The molecule has 16 nitrogen and oxygen atoms in total. The Balaban J connectivity index is 1.15. The van der Waals surface area contributed by atoms with Crippen LogP contribution < -0.4 is 28.8 Å². The smallest absolute Gasteiger partial charge is 0.294 e. The molecule has 3 atom stereocenters. The highest BCUT2D eigenvalue weighted by Crippen LogP contribution is 2.44. The molecule has 8 rings (SSSR count). The highest BCUT2D eigenvalue weighted by molar-refractivity contribution is 7.99. The lowest BCUT2D eigenvalue weighted by molar-refractivity contribution is -0.123. The van der Waals surface area contributed by atoms with Crippen LogP contribution in [-0.4, -0.2) is 71.3 Å².